The van der Waals surface area contributed by atoms with Crippen LogP contribution in [0.2, 0.25) is 0 Å². The first kappa shape index (κ1) is 9.02. The molecule has 2 rings (SSSR count). The van der Waals surface area contributed by atoms with Crippen molar-refractivity contribution in [2.24, 2.45) is 11.8 Å². The molecule has 1 unspecified atom stereocenters. The van der Waals surface area contributed by atoms with E-state index in [1.165, 1.54) is 0 Å². The van der Waals surface area contributed by atoms with Gasteiger partial charge in [0.25, 0.3) is 0 Å². The molecule has 0 heterocycles. The van der Waals surface area contributed by atoms with E-state index in [1.54, 1.807) is 0 Å². The minimum absolute atomic E-state index is 0.107. The van der Waals surface area contributed by atoms with Crippen LogP contribution in [0.5, 0.6) is 0 Å². The molecule has 1 nitrogen and oxygen atoms in total. The van der Waals surface area contributed by atoms with E-state index in [-0.39, 0.29) is 11.7 Å². The van der Waals surface area contributed by atoms with Crippen molar-refractivity contribution in [2.75, 3.05) is 0 Å². The van der Waals surface area contributed by atoms with E-state index in [1.807, 2.05) is 30.3 Å². The molecule has 1 fully saturated rings. The Morgan fingerprint density at radius 2 is 2.00 bits per heavy atom. The fourth-order valence-corrected chi connectivity index (χ4v) is 1.64. The maximum Gasteiger partial charge on any atom is 0.178 e. The Kier molecular flexibility index (Phi) is 2.37. The lowest BCUT2D eigenvalue weighted by molar-refractivity contribution is 0.0939. The van der Waals surface area contributed by atoms with E-state index < -0.39 is 0 Å². The summed E-state index contributed by atoms with van der Waals surface area (Å²) in [6.45, 7) is 0. The predicted molar refractivity (Wildman–Crippen MR) is 55.8 cm³/mol. The van der Waals surface area contributed by atoms with Gasteiger partial charge in [0.2, 0.25) is 0 Å². The van der Waals surface area contributed by atoms with Gasteiger partial charge in [-0.2, -0.15) is 0 Å². The summed E-state index contributed by atoms with van der Waals surface area (Å²) in [7, 11) is 0. The average molecular weight is 184 g/mol. The quantitative estimate of drug-likeness (QED) is 0.521. The number of ketones is 1. The molecule has 0 N–H and O–H groups in total. The van der Waals surface area contributed by atoms with Gasteiger partial charge in [-0.15, -0.1) is 6.42 Å². The van der Waals surface area contributed by atoms with Crippen LogP contribution in [0.4, 0.5) is 0 Å². The Morgan fingerprint density at radius 1 is 1.36 bits per heavy atom. The lowest BCUT2D eigenvalue weighted by atomic mass is 9.94. The summed E-state index contributed by atoms with van der Waals surface area (Å²) in [6, 6.07) is 9.30. The molecular formula is C13H12O. The summed E-state index contributed by atoms with van der Waals surface area (Å²) in [5.74, 6) is 2.96. The van der Waals surface area contributed by atoms with Crippen molar-refractivity contribution in [1.29, 1.82) is 0 Å². The van der Waals surface area contributed by atoms with Gasteiger partial charge < -0.3 is 0 Å². The molecule has 0 aromatic heterocycles. The van der Waals surface area contributed by atoms with Gasteiger partial charge in [0.05, 0.1) is 5.92 Å². The molecule has 0 amide bonds. The van der Waals surface area contributed by atoms with Crippen molar-refractivity contribution >= 4 is 5.78 Å². The second-order valence-electron chi connectivity index (χ2n) is 3.71. The standard InChI is InChI=1S/C13H12O/c1-2-12(10-8-9-10)13(14)11-6-4-3-5-7-11/h1,3-7,10,12H,8-9H2. The van der Waals surface area contributed by atoms with E-state index in [9.17, 15) is 4.79 Å². The SMILES string of the molecule is C#CC(C(=O)c1ccccc1)C1CC1. The average Bonchev–Trinajstić information content (AvgIpc) is 3.04. The van der Waals surface area contributed by atoms with Crippen molar-refractivity contribution in [1.82, 2.24) is 0 Å². The lowest BCUT2D eigenvalue weighted by Crippen LogP contribution is -2.14. The summed E-state index contributed by atoms with van der Waals surface area (Å²) in [5.41, 5.74) is 0.738. The summed E-state index contributed by atoms with van der Waals surface area (Å²) < 4.78 is 0. The zero-order valence-corrected chi connectivity index (χ0v) is 7.94. The number of benzene rings is 1. The van der Waals surface area contributed by atoms with Crippen LogP contribution in [0.15, 0.2) is 30.3 Å². The van der Waals surface area contributed by atoms with Crippen molar-refractivity contribution in [3.63, 3.8) is 0 Å². The highest BCUT2D eigenvalue weighted by Gasteiger charge is 2.34. The van der Waals surface area contributed by atoms with E-state index >= 15 is 0 Å². The second kappa shape index (κ2) is 3.67. The van der Waals surface area contributed by atoms with Crippen LogP contribution < -0.4 is 0 Å². The van der Waals surface area contributed by atoms with Gasteiger partial charge in [-0.3, -0.25) is 4.79 Å². The van der Waals surface area contributed by atoms with E-state index in [0.29, 0.717) is 5.92 Å². The normalized spacial score (nSPS) is 17.1. The minimum Gasteiger partial charge on any atom is -0.293 e. The van der Waals surface area contributed by atoms with Gasteiger partial charge in [-0.25, -0.2) is 0 Å². The Hall–Kier alpha value is -1.55. The van der Waals surface area contributed by atoms with Gasteiger partial charge in [0.1, 0.15) is 0 Å². The van der Waals surface area contributed by atoms with Gasteiger partial charge in [0.15, 0.2) is 5.78 Å². The third-order valence-electron chi connectivity index (χ3n) is 2.61. The monoisotopic (exact) mass is 184 g/mol. The number of Topliss-reactive ketones (excluding diaryl/α,β-unsaturated/α-hetero) is 1. The minimum atomic E-state index is -0.197. The summed E-state index contributed by atoms with van der Waals surface area (Å²) in [6.07, 6.45) is 7.59. The van der Waals surface area contributed by atoms with Crippen LogP contribution >= 0.6 is 0 Å². The highest BCUT2D eigenvalue weighted by atomic mass is 16.1. The van der Waals surface area contributed by atoms with Gasteiger partial charge in [-0.1, -0.05) is 36.3 Å². The second-order valence-corrected chi connectivity index (χ2v) is 3.71. The molecular weight excluding hydrogens is 172 g/mol. The molecule has 1 atom stereocenters. The van der Waals surface area contributed by atoms with Crippen LogP contribution in [-0.4, -0.2) is 5.78 Å². The van der Waals surface area contributed by atoms with E-state index in [2.05, 4.69) is 5.92 Å². The third kappa shape index (κ3) is 1.70. The maximum absolute atomic E-state index is 11.9. The molecule has 0 aliphatic heterocycles. The number of hydrogen-bond donors (Lipinski definition) is 0. The lowest BCUT2D eigenvalue weighted by Gasteiger charge is -2.07. The number of carbonyl (C=O) groups excluding carboxylic acids is 1. The first-order valence-electron chi connectivity index (χ1n) is 4.88. The highest BCUT2D eigenvalue weighted by molar-refractivity contribution is 5.99. The van der Waals surface area contributed by atoms with Gasteiger partial charge in [0, 0.05) is 5.56 Å². The molecule has 1 heteroatoms. The molecule has 0 spiro atoms. The summed E-state index contributed by atoms with van der Waals surface area (Å²) >= 11 is 0. The molecule has 1 aromatic carbocycles. The molecule has 1 aromatic rings. The molecule has 0 radical (unpaired) electrons. The van der Waals surface area contributed by atoms with Gasteiger partial charge >= 0.3 is 0 Å². The maximum atomic E-state index is 11.9. The third-order valence-corrected chi connectivity index (χ3v) is 2.61. The van der Waals surface area contributed by atoms with E-state index in [0.717, 1.165) is 18.4 Å². The largest absolute Gasteiger partial charge is 0.293 e. The number of rotatable bonds is 3. The Labute approximate surface area is 84.1 Å². The zero-order valence-electron chi connectivity index (χ0n) is 7.94. The van der Waals surface area contributed by atoms with Crippen LogP contribution in [0.25, 0.3) is 0 Å². The molecule has 70 valence electrons. The predicted octanol–water partition coefficient (Wildman–Crippen LogP) is 2.53. The topological polar surface area (TPSA) is 17.1 Å². The Bertz CT molecular complexity index is 368. The van der Waals surface area contributed by atoms with E-state index in [4.69, 9.17) is 6.42 Å². The summed E-state index contributed by atoms with van der Waals surface area (Å²) in [4.78, 5) is 11.9. The Morgan fingerprint density at radius 3 is 2.50 bits per heavy atom. The number of terminal acetylenes is 1. The first-order chi connectivity index (χ1) is 6.83. The molecule has 1 saturated carbocycles. The zero-order chi connectivity index (χ0) is 9.97. The van der Waals surface area contributed by atoms with Crippen molar-refractivity contribution in [3.05, 3.63) is 35.9 Å². The molecule has 1 aliphatic carbocycles. The molecule has 0 bridgehead atoms. The van der Waals surface area contributed by atoms with Crippen molar-refractivity contribution in [2.45, 2.75) is 12.8 Å². The Balaban J connectivity index is 2.19. The fraction of sp³-hybridized carbons (Fsp3) is 0.308. The highest BCUT2D eigenvalue weighted by Crippen LogP contribution is 2.37. The fourth-order valence-electron chi connectivity index (χ4n) is 1.64. The van der Waals surface area contributed by atoms with Crippen LogP contribution in [0.3, 0.4) is 0 Å². The van der Waals surface area contributed by atoms with Gasteiger partial charge in [-0.05, 0) is 18.8 Å². The summed E-state index contributed by atoms with van der Waals surface area (Å²) in [5, 5.41) is 0. The molecule has 1 aliphatic rings. The number of carbonyl (C=O) groups is 1. The van der Waals surface area contributed by atoms with Crippen molar-refractivity contribution < 1.29 is 4.79 Å². The van der Waals surface area contributed by atoms with Crippen LogP contribution in [0, 0.1) is 24.2 Å². The number of hydrogen-bond acceptors (Lipinski definition) is 1. The molecule has 14 heavy (non-hydrogen) atoms. The van der Waals surface area contributed by atoms with Crippen LogP contribution in [0.1, 0.15) is 23.2 Å². The van der Waals surface area contributed by atoms with Crippen molar-refractivity contribution in [3.8, 4) is 12.3 Å². The smallest absolute Gasteiger partial charge is 0.178 e. The first-order valence-corrected chi connectivity index (χ1v) is 4.88. The van der Waals surface area contributed by atoms with Crippen LogP contribution in [-0.2, 0) is 0 Å². The molecule has 0 saturated heterocycles.